The van der Waals surface area contributed by atoms with E-state index in [-0.39, 0.29) is 0 Å². The molecule has 0 amide bonds. The minimum Gasteiger partial charge on any atom is -0.493 e. The van der Waals surface area contributed by atoms with Crippen molar-refractivity contribution < 1.29 is 9.84 Å². The van der Waals surface area contributed by atoms with Crippen molar-refractivity contribution >= 4 is 34.2 Å². The number of benzene rings is 2. The van der Waals surface area contributed by atoms with E-state index in [1.54, 1.807) is 0 Å². The van der Waals surface area contributed by atoms with Gasteiger partial charge in [-0.2, -0.15) is 0 Å². The van der Waals surface area contributed by atoms with E-state index < -0.39 is 6.10 Å². The maximum Gasteiger partial charge on any atom is 0.122 e. The quantitative estimate of drug-likeness (QED) is 0.760. The Bertz CT molecular complexity index is 642. The molecule has 4 heteroatoms. The number of ether oxygens (including phenoxy) is 1. The van der Waals surface area contributed by atoms with E-state index in [4.69, 9.17) is 16.3 Å². The molecule has 0 spiro atoms. The second kappa shape index (κ2) is 5.92. The minimum absolute atomic E-state index is 0.640. The van der Waals surface area contributed by atoms with Crippen LogP contribution < -0.4 is 4.74 Å². The van der Waals surface area contributed by atoms with E-state index in [0.717, 1.165) is 39.9 Å². The Morgan fingerprint density at radius 1 is 1.20 bits per heavy atom. The van der Waals surface area contributed by atoms with Crippen LogP contribution in [0.2, 0.25) is 5.02 Å². The van der Waals surface area contributed by atoms with Gasteiger partial charge in [-0.3, -0.25) is 0 Å². The van der Waals surface area contributed by atoms with Crippen molar-refractivity contribution in [2.24, 2.45) is 0 Å². The Balaban J connectivity index is 1.97. The summed E-state index contributed by atoms with van der Waals surface area (Å²) in [6, 6.07) is 11.5. The molecule has 0 saturated heterocycles. The van der Waals surface area contributed by atoms with E-state index in [1.165, 1.54) is 5.56 Å². The maximum atomic E-state index is 10.6. The lowest BCUT2D eigenvalue weighted by molar-refractivity contribution is 0.218. The first-order valence-electron chi connectivity index (χ1n) is 6.54. The molecule has 0 bridgehead atoms. The van der Waals surface area contributed by atoms with Crippen LogP contribution in [0.5, 0.6) is 5.75 Å². The number of halogens is 2. The average Bonchev–Trinajstić information content (AvgIpc) is 2.48. The van der Waals surface area contributed by atoms with Crippen LogP contribution in [-0.2, 0) is 6.42 Å². The highest BCUT2D eigenvalue weighted by molar-refractivity contribution is 14.1. The van der Waals surface area contributed by atoms with Crippen molar-refractivity contribution in [2.75, 3.05) is 6.61 Å². The second-order valence-electron chi connectivity index (χ2n) is 4.89. The molecule has 1 atom stereocenters. The van der Waals surface area contributed by atoms with E-state index in [2.05, 4.69) is 22.6 Å². The van der Waals surface area contributed by atoms with Crippen molar-refractivity contribution in [1.82, 2.24) is 0 Å². The second-order valence-corrected chi connectivity index (χ2v) is 6.49. The highest BCUT2D eigenvalue weighted by Crippen LogP contribution is 2.32. The van der Waals surface area contributed by atoms with Gasteiger partial charge in [0.05, 0.1) is 6.61 Å². The van der Waals surface area contributed by atoms with Gasteiger partial charge >= 0.3 is 0 Å². The molecule has 1 unspecified atom stereocenters. The fourth-order valence-corrected chi connectivity index (χ4v) is 3.27. The van der Waals surface area contributed by atoms with Crippen molar-refractivity contribution in [3.05, 3.63) is 61.7 Å². The van der Waals surface area contributed by atoms with E-state index >= 15 is 0 Å². The van der Waals surface area contributed by atoms with Gasteiger partial charge in [0, 0.05) is 8.59 Å². The standard InChI is InChI=1S/C16H14ClIO2/c17-12-4-5-14(18)13(9-12)16(19)11-3-6-15-10(8-11)2-1-7-20-15/h3-6,8-9,16,19H,1-2,7H2. The number of aryl methyl sites for hydroxylation is 1. The summed E-state index contributed by atoms with van der Waals surface area (Å²) in [5.74, 6) is 0.938. The van der Waals surface area contributed by atoms with Gasteiger partial charge in [0.25, 0.3) is 0 Å². The van der Waals surface area contributed by atoms with Crippen LogP contribution in [0.3, 0.4) is 0 Å². The van der Waals surface area contributed by atoms with Crippen molar-refractivity contribution in [2.45, 2.75) is 18.9 Å². The number of aliphatic hydroxyl groups excluding tert-OH is 1. The van der Waals surface area contributed by atoms with E-state index in [0.29, 0.717) is 5.02 Å². The van der Waals surface area contributed by atoms with Crippen LogP contribution in [-0.4, -0.2) is 11.7 Å². The van der Waals surface area contributed by atoms with E-state index in [9.17, 15) is 5.11 Å². The Morgan fingerprint density at radius 3 is 2.90 bits per heavy atom. The zero-order valence-electron chi connectivity index (χ0n) is 10.8. The molecule has 20 heavy (non-hydrogen) atoms. The molecule has 0 saturated carbocycles. The minimum atomic E-state index is -0.659. The summed E-state index contributed by atoms with van der Waals surface area (Å²) in [6.45, 7) is 0.779. The summed E-state index contributed by atoms with van der Waals surface area (Å²) in [5.41, 5.74) is 2.90. The number of fused-ring (bicyclic) bond motifs is 1. The number of hydrogen-bond donors (Lipinski definition) is 1. The molecule has 1 heterocycles. The lowest BCUT2D eigenvalue weighted by atomic mass is 9.97. The zero-order chi connectivity index (χ0) is 14.1. The van der Waals surface area contributed by atoms with Gasteiger partial charge in [-0.05, 0) is 82.5 Å². The van der Waals surface area contributed by atoms with Gasteiger partial charge in [-0.15, -0.1) is 0 Å². The molecule has 1 aliphatic rings. The van der Waals surface area contributed by atoms with Crippen LogP contribution >= 0.6 is 34.2 Å². The number of aliphatic hydroxyl groups is 1. The first kappa shape index (κ1) is 14.2. The van der Waals surface area contributed by atoms with Crippen LogP contribution in [0.1, 0.15) is 29.2 Å². The van der Waals surface area contributed by atoms with Gasteiger partial charge in [0.1, 0.15) is 11.9 Å². The molecule has 2 aromatic rings. The van der Waals surface area contributed by atoms with Crippen LogP contribution in [0.4, 0.5) is 0 Å². The van der Waals surface area contributed by atoms with Crippen molar-refractivity contribution in [3.63, 3.8) is 0 Å². The summed E-state index contributed by atoms with van der Waals surface area (Å²) in [6.07, 6.45) is 1.37. The average molecular weight is 401 g/mol. The molecule has 3 rings (SSSR count). The summed E-state index contributed by atoms with van der Waals surface area (Å²) in [4.78, 5) is 0. The first-order chi connectivity index (χ1) is 9.65. The number of hydrogen-bond acceptors (Lipinski definition) is 2. The molecule has 0 aliphatic carbocycles. The molecule has 104 valence electrons. The van der Waals surface area contributed by atoms with E-state index in [1.807, 2.05) is 36.4 Å². The topological polar surface area (TPSA) is 29.5 Å². The monoisotopic (exact) mass is 400 g/mol. The molecular formula is C16H14ClIO2. The number of rotatable bonds is 2. The molecular weight excluding hydrogens is 387 g/mol. The Kier molecular flexibility index (Phi) is 4.19. The van der Waals surface area contributed by atoms with Crippen LogP contribution in [0.25, 0.3) is 0 Å². The largest absolute Gasteiger partial charge is 0.493 e. The zero-order valence-corrected chi connectivity index (χ0v) is 13.7. The molecule has 0 fully saturated rings. The normalized spacial score (nSPS) is 15.3. The summed E-state index contributed by atoms with van der Waals surface area (Å²) >= 11 is 8.25. The van der Waals surface area contributed by atoms with Crippen LogP contribution in [0, 0.1) is 3.57 Å². The predicted octanol–water partition coefficient (Wildman–Crippen LogP) is 4.35. The molecule has 1 N–H and O–H groups in total. The lowest BCUT2D eigenvalue weighted by Crippen LogP contribution is -2.10. The van der Waals surface area contributed by atoms with Crippen molar-refractivity contribution in [3.8, 4) is 5.75 Å². The Labute approximate surface area is 136 Å². The molecule has 2 aromatic carbocycles. The molecule has 0 radical (unpaired) electrons. The summed E-state index contributed by atoms with van der Waals surface area (Å²) in [7, 11) is 0. The Hall–Kier alpha value is -0.780. The predicted molar refractivity (Wildman–Crippen MR) is 88.5 cm³/mol. The van der Waals surface area contributed by atoms with Gasteiger partial charge < -0.3 is 9.84 Å². The summed E-state index contributed by atoms with van der Waals surface area (Å²) in [5, 5.41) is 11.2. The molecule has 1 aliphatic heterocycles. The third kappa shape index (κ3) is 2.80. The highest BCUT2D eigenvalue weighted by atomic mass is 127. The first-order valence-corrected chi connectivity index (χ1v) is 7.99. The highest BCUT2D eigenvalue weighted by Gasteiger charge is 2.17. The lowest BCUT2D eigenvalue weighted by Gasteiger charge is -2.20. The SMILES string of the molecule is OC(c1ccc2c(c1)CCCO2)c1cc(Cl)ccc1I. The fourth-order valence-electron chi connectivity index (χ4n) is 2.45. The van der Waals surface area contributed by atoms with Crippen LogP contribution in [0.15, 0.2) is 36.4 Å². The summed E-state index contributed by atoms with van der Waals surface area (Å²) < 4.78 is 6.61. The fraction of sp³-hybridized carbons (Fsp3) is 0.250. The van der Waals surface area contributed by atoms with Gasteiger partial charge in [-0.25, -0.2) is 0 Å². The third-order valence-corrected chi connectivity index (χ3v) is 4.72. The molecule has 2 nitrogen and oxygen atoms in total. The van der Waals surface area contributed by atoms with Crippen molar-refractivity contribution in [1.29, 1.82) is 0 Å². The van der Waals surface area contributed by atoms with Gasteiger partial charge in [0.15, 0.2) is 0 Å². The molecule has 0 aromatic heterocycles. The third-order valence-electron chi connectivity index (χ3n) is 3.50. The maximum absolute atomic E-state index is 10.6. The van der Waals surface area contributed by atoms with Gasteiger partial charge in [0.2, 0.25) is 0 Å². The Morgan fingerprint density at radius 2 is 2.05 bits per heavy atom. The van der Waals surface area contributed by atoms with Gasteiger partial charge in [-0.1, -0.05) is 17.7 Å². The smallest absolute Gasteiger partial charge is 0.122 e.